The number of thiazole rings is 1. The van der Waals surface area contributed by atoms with Crippen LogP contribution in [0.15, 0.2) is 15.4 Å². The molecule has 23 heavy (non-hydrogen) atoms. The number of nitrogens with one attached hydrogen (secondary N) is 1. The zero-order valence-electron chi connectivity index (χ0n) is 13.2. The van der Waals surface area contributed by atoms with Gasteiger partial charge in [0.2, 0.25) is 5.89 Å². The van der Waals surface area contributed by atoms with Crippen LogP contribution in [0, 0.1) is 5.92 Å². The fraction of sp³-hybridized carbons (Fsp3) is 0.600. The lowest BCUT2D eigenvalue weighted by atomic mass is 9.91. The smallest absolute Gasteiger partial charge is 0.271 e. The number of hydrogen-bond donors (Lipinski definition) is 1. The zero-order valence-corrected chi connectivity index (χ0v) is 14.0. The Balaban J connectivity index is 1.81. The summed E-state index contributed by atoms with van der Waals surface area (Å²) in [6.07, 6.45) is 1.70. The zero-order chi connectivity index (χ0) is 16.2. The van der Waals surface area contributed by atoms with Crippen molar-refractivity contribution in [2.75, 3.05) is 13.2 Å². The molecule has 0 spiro atoms. The molecule has 1 aliphatic rings. The number of nitrogens with zero attached hydrogens (tertiary/aromatic N) is 3. The molecule has 3 heterocycles. The molecule has 0 saturated carbocycles. The van der Waals surface area contributed by atoms with E-state index < -0.39 is 0 Å². The maximum Gasteiger partial charge on any atom is 0.271 e. The van der Waals surface area contributed by atoms with Crippen LogP contribution in [0.3, 0.4) is 0 Å². The molecule has 1 N–H and O–H groups in total. The van der Waals surface area contributed by atoms with Gasteiger partial charge in [0.1, 0.15) is 11.7 Å². The van der Waals surface area contributed by atoms with E-state index in [4.69, 9.17) is 9.26 Å². The summed E-state index contributed by atoms with van der Waals surface area (Å²) in [5.41, 5.74) is 2.05. The van der Waals surface area contributed by atoms with Crippen molar-refractivity contribution in [1.82, 2.24) is 20.4 Å². The van der Waals surface area contributed by atoms with E-state index in [2.05, 4.69) is 20.4 Å². The van der Waals surface area contributed by atoms with Crippen LogP contribution in [0.4, 0.5) is 0 Å². The van der Waals surface area contributed by atoms with Crippen LogP contribution in [-0.4, -0.2) is 34.2 Å². The largest absolute Gasteiger partial charge is 0.381 e. The third-order valence-corrected chi connectivity index (χ3v) is 4.52. The van der Waals surface area contributed by atoms with Crippen LogP contribution < -0.4 is 5.32 Å². The molecular weight excluding hydrogens is 316 g/mol. The fourth-order valence-corrected chi connectivity index (χ4v) is 3.11. The first kappa shape index (κ1) is 16.1. The predicted octanol–water partition coefficient (Wildman–Crippen LogP) is 2.55. The highest BCUT2D eigenvalue weighted by Gasteiger charge is 2.32. The Hall–Kier alpha value is -1.80. The molecule has 124 valence electrons. The summed E-state index contributed by atoms with van der Waals surface area (Å²) in [4.78, 5) is 20.9. The fourth-order valence-electron chi connectivity index (χ4n) is 2.58. The molecule has 1 saturated heterocycles. The Morgan fingerprint density at radius 2 is 2.17 bits per heavy atom. The van der Waals surface area contributed by atoms with Crippen molar-refractivity contribution in [3.05, 3.63) is 28.3 Å². The highest BCUT2D eigenvalue weighted by Crippen LogP contribution is 2.30. The molecule has 1 amide bonds. The summed E-state index contributed by atoms with van der Waals surface area (Å²) < 4.78 is 10.8. The Morgan fingerprint density at radius 1 is 1.39 bits per heavy atom. The van der Waals surface area contributed by atoms with Crippen molar-refractivity contribution < 1.29 is 14.1 Å². The number of carbonyl (C=O) groups excluding carboxylic acids is 1. The van der Waals surface area contributed by atoms with Crippen molar-refractivity contribution in [3.63, 3.8) is 0 Å². The Bertz CT molecular complexity index is 635. The molecule has 1 atom stereocenters. The maximum atomic E-state index is 12.4. The minimum absolute atomic E-state index is 0.178. The number of ether oxygens (including phenoxy) is 1. The third kappa shape index (κ3) is 3.76. The predicted molar refractivity (Wildman–Crippen MR) is 84.3 cm³/mol. The molecule has 1 fully saturated rings. The van der Waals surface area contributed by atoms with Gasteiger partial charge >= 0.3 is 0 Å². The molecule has 1 unspecified atom stereocenters. The minimum Gasteiger partial charge on any atom is -0.381 e. The van der Waals surface area contributed by atoms with Gasteiger partial charge in [-0.1, -0.05) is 19.0 Å². The third-order valence-electron chi connectivity index (χ3n) is 3.93. The lowest BCUT2D eigenvalue weighted by Gasteiger charge is -2.28. The van der Waals surface area contributed by atoms with E-state index in [-0.39, 0.29) is 23.8 Å². The lowest BCUT2D eigenvalue weighted by molar-refractivity contribution is 0.0467. The molecular formula is C15H20N4O3S. The standard InChI is InChI=1S/C15H20N4O3S/c1-9(2)13-18-15(22-19-13)12(10-3-5-21-6-4-10)17-14(20)11-7-23-8-16-11/h7-10,12H,3-6H2,1-2H3,(H,17,20). The molecule has 3 rings (SSSR count). The van der Waals surface area contributed by atoms with Gasteiger partial charge in [0.15, 0.2) is 5.82 Å². The first-order valence-corrected chi connectivity index (χ1v) is 8.69. The lowest BCUT2D eigenvalue weighted by Crippen LogP contribution is -2.36. The average molecular weight is 336 g/mol. The Morgan fingerprint density at radius 3 is 2.78 bits per heavy atom. The summed E-state index contributed by atoms with van der Waals surface area (Å²) in [6.45, 7) is 5.37. The summed E-state index contributed by atoms with van der Waals surface area (Å²) >= 11 is 1.39. The van der Waals surface area contributed by atoms with Gasteiger partial charge in [-0.3, -0.25) is 4.79 Å². The summed E-state index contributed by atoms with van der Waals surface area (Å²) in [6, 6.07) is -0.312. The van der Waals surface area contributed by atoms with E-state index in [1.165, 1.54) is 11.3 Å². The van der Waals surface area contributed by atoms with Gasteiger partial charge in [0.05, 0.1) is 5.51 Å². The van der Waals surface area contributed by atoms with Crippen LogP contribution in [0.1, 0.15) is 60.9 Å². The second-order valence-corrected chi connectivity index (χ2v) is 6.64. The number of rotatable bonds is 5. The van der Waals surface area contributed by atoms with E-state index in [0.29, 0.717) is 30.6 Å². The van der Waals surface area contributed by atoms with Gasteiger partial charge in [-0.05, 0) is 18.8 Å². The molecule has 7 nitrogen and oxygen atoms in total. The van der Waals surface area contributed by atoms with Crippen LogP contribution in [-0.2, 0) is 4.74 Å². The molecule has 0 radical (unpaired) electrons. The second kappa shape index (κ2) is 7.18. The number of carbonyl (C=O) groups is 1. The topological polar surface area (TPSA) is 90.1 Å². The van der Waals surface area contributed by atoms with Crippen LogP contribution in [0.25, 0.3) is 0 Å². The van der Waals surface area contributed by atoms with Gasteiger partial charge in [-0.2, -0.15) is 4.98 Å². The molecule has 2 aromatic heterocycles. The Kier molecular flexibility index (Phi) is 5.02. The molecule has 0 aliphatic carbocycles. The SMILES string of the molecule is CC(C)c1noc(C(NC(=O)c2cscn2)C2CCOCC2)n1. The highest BCUT2D eigenvalue weighted by molar-refractivity contribution is 7.07. The number of hydrogen-bond acceptors (Lipinski definition) is 7. The first-order chi connectivity index (χ1) is 11.1. The average Bonchev–Trinajstić information content (AvgIpc) is 3.24. The minimum atomic E-state index is -0.312. The van der Waals surface area contributed by atoms with E-state index in [0.717, 1.165) is 12.8 Å². The molecule has 2 aromatic rings. The van der Waals surface area contributed by atoms with Gasteiger partial charge < -0.3 is 14.6 Å². The van der Waals surface area contributed by atoms with Crippen molar-refractivity contribution in [3.8, 4) is 0 Å². The van der Waals surface area contributed by atoms with Crippen LogP contribution in [0.5, 0.6) is 0 Å². The van der Waals surface area contributed by atoms with E-state index in [1.54, 1.807) is 10.9 Å². The van der Waals surface area contributed by atoms with Crippen LogP contribution in [0.2, 0.25) is 0 Å². The number of aromatic nitrogens is 3. The summed E-state index contributed by atoms with van der Waals surface area (Å²) in [5.74, 6) is 1.29. The van der Waals surface area contributed by atoms with Crippen molar-refractivity contribution in [2.24, 2.45) is 5.92 Å². The maximum absolute atomic E-state index is 12.4. The Labute approximate surface area is 138 Å². The molecule has 1 aliphatic heterocycles. The monoisotopic (exact) mass is 336 g/mol. The quantitative estimate of drug-likeness (QED) is 0.902. The van der Waals surface area contributed by atoms with Gasteiger partial charge in [0, 0.05) is 24.5 Å². The van der Waals surface area contributed by atoms with Crippen LogP contribution >= 0.6 is 11.3 Å². The molecule has 0 bridgehead atoms. The van der Waals surface area contributed by atoms with E-state index >= 15 is 0 Å². The number of amides is 1. The second-order valence-electron chi connectivity index (χ2n) is 5.92. The van der Waals surface area contributed by atoms with Crippen molar-refractivity contribution in [2.45, 2.75) is 38.6 Å². The van der Waals surface area contributed by atoms with Gasteiger partial charge in [0.25, 0.3) is 5.91 Å². The van der Waals surface area contributed by atoms with E-state index in [1.807, 2.05) is 13.8 Å². The van der Waals surface area contributed by atoms with E-state index in [9.17, 15) is 4.79 Å². The van der Waals surface area contributed by atoms with Gasteiger partial charge in [-0.25, -0.2) is 4.98 Å². The highest BCUT2D eigenvalue weighted by atomic mass is 32.1. The van der Waals surface area contributed by atoms with Crippen molar-refractivity contribution in [1.29, 1.82) is 0 Å². The van der Waals surface area contributed by atoms with Crippen molar-refractivity contribution >= 4 is 17.2 Å². The summed E-state index contributed by atoms with van der Waals surface area (Å²) in [7, 11) is 0. The molecule has 8 heteroatoms. The normalized spacial score (nSPS) is 17.3. The molecule has 0 aromatic carbocycles. The van der Waals surface area contributed by atoms with Gasteiger partial charge in [-0.15, -0.1) is 11.3 Å². The first-order valence-electron chi connectivity index (χ1n) is 7.75. The summed E-state index contributed by atoms with van der Waals surface area (Å²) in [5, 5.41) is 8.76.